The third-order valence-electron chi connectivity index (χ3n) is 3.99. The van der Waals surface area contributed by atoms with Crippen LogP contribution in [0.1, 0.15) is 30.0 Å². The zero-order valence-electron chi connectivity index (χ0n) is 14.2. The van der Waals surface area contributed by atoms with E-state index in [0.717, 1.165) is 17.1 Å². The normalized spacial score (nSPS) is 11.8. The minimum absolute atomic E-state index is 0.182. The van der Waals surface area contributed by atoms with Crippen molar-refractivity contribution in [2.24, 2.45) is 0 Å². The number of benzene rings is 1. The predicted molar refractivity (Wildman–Crippen MR) is 95.1 cm³/mol. The number of aryl methyl sites for hydroxylation is 1. The number of hydrogen-bond donors (Lipinski definition) is 2. The molecule has 2 N–H and O–H groups in total. The summed E-state index contributed by atoms with van der Waals surface area (Å²) in [7, 11) is 0. The first kappa shape index (κ1) is 16.6. The quantitative estimate of drug-likeness (QED) is 0.750. The lowest BCUT2D eigenvalue weighted by Gasteiger charge is -2.16. The number of imidazole rings is 1. The third kappa shape index (κ3) is 4.20. The molecule has 0 aliphatic carbocycles. The van der Waals surface area contributed by atoms with Gasteiger partial charge in [0.15, 0.2) is 0 Å². The Morgan fingerprint density at radius 3 is 2.64 bits per heavy atom. The van der Waals surface area contributed by atoms with Gasteiger partial charge in [0, 0.05) is 24.3 Å². The van der Waals surface area contributed by atoms with Crippen LogP contribution in [0.5, 0.6) is 0 Å². The molecule has 0 aliphatic rings. The van der Waals surface area contributed by atoms with Crippen LogP contribution >= 0.6 is 0 Å². The highest BCUT2D eigenvalue weighted by Gasteiger charge is 2.10. The number of amides is 2. The molecule has 3 aromatic rings. The lowest BCUT2D eigenvalue weighted by Crippen LogP contribution is -2.28. The maximum atomic E-state index is 12.0. The van der Waals surface area contributed by atoms with E-state index in [1.165, 1.54) is 0 Å². The Kier molecular flexibility index (Phi) is 5.03. The van der Waals surface area contributed by atoms with Crippen molar-refractivity contribution in [1.29, 1.82) is 0 Å². The molecule has 7 heteroatoms. The number of aromatic nitrogens is 4. The number of rotatable bonds is 5. The Bertz CT molecular complexity index is 828. The number of carbonyl (C=O) groups is 1. The first-order valence-corrected chi connectivity index (χ1v) is 8.04. The third-order valence-corrected chi connectivity index (χ3v) is 3.99. The largest absolute Gasteiger partial charge is 0.332 e. The molecular formula is C18H20N6O. The van der Waals surface area contributed by atoms with Crippen LogP contribution in [0.3, 0.4) is 0 Å². The van der Waals surface area contributed by atoms with Crippen molar-refractivity contribution >= 4 is 11.7 Å². The van der Waals surface area contributed by atoms with E-state index in [1.807, 2.05) is 43.5 Å². The summed E-state index contributed by atoms with van der Waals surface area (Å²) in [5.74, 6) is 0.970. The van der Waals surface area contributed by atoms with Crippen molar-refractivity contribution in [3.8, 4) is 0 Å². The highest BCUT2D eigenvalue weighted by Crippen LogP contribution is 2.21. The molecule has 2 aromatic heterocycles. The van der Waals surface area contributed by atoms with E-state index in [-0.39, 0.29) is 12.1 Å². The molecule has 2 amide bonds. The van der Waals surface area contributed by atoms with Crippen molar-refractivity contribution in [3.63, 3.8) is 0 Å². The topological polar surface area (TPSA) is 84.7 Å². The summed E-state index contributed by atoms with van der Waals surface area (Å²) in [5, 5.41) is 13.2. The van der Waals surface area contributed by atoms with Crippen molar-refractivity contribution in [3.05, 3.63) is 72.1 Å². The molecule has 0 spiro atoms. The van der Waals surface area contributed by atoms with Gasteiger partial charge >= 0.3 is 6.03 Å². The van der Waals surface area contributed by atoms with Crippen LogP contribution in [0.4, 0.5) is 10.5 Å². The zero-order valence-corrected chi connectivity index (χ0v) is 14.2. The molecule has 25 heavy (non-hydrogen) atoms. The van der Waals surface area contributed by atoms with Gasteiger partial charge in [0.2, 0.25) is 0 Å². The molecule has 0 bridgehead atoms. The SMILES string of the molecule is Cc1nccn1[C@H](C)c1ccc(NC(=O)NCc2cccnn2)cc1. The second kappa shape index (κ2) is 7.57. The van der Waals surface area contributed by atoms with Crippen LogP contribution in [0, 0.1) is 6.92 Å². The predicted octanol–water partition coefficient (Wildman–Crippen LogP) is 2.91. The van der Waals surface area contributed by atoms with Gasteiger partial charge in [0.05, 0.1) is 18.3 Å². The lowest BCUT2D eigenvalue weighted by atomic mass is 10.1. The van der Waals surface area contributed by atoms with Crippen LogP contribution in [0.15, 0.2) is 55.0 Å². The molecule has 0 unspecified atom stereocenters. The number of carbonyl (C=O) groups excluding carboxylic acids is 1. The summed E-state index contributed by atoms with van der Waals surface area (Å²) in [6, 6.07) is 11.3. The Morgan fingerprint density at radius 1 is 1.20 bits per heavy atom. The van der Waals surface area contributed by atoms with E-state index < -0.39 is 0 Å². The fraction of sp³-hybridized carbons (Fsp3) is 0.222. The van der Waals surface area contributed by atoms with Gasteiger partial charge in [-0.1, -0.05) is 12.1 Å². The molecule has 0 radical (unpaired) electrons. The van der Waals surface area contributed by atoms with E-state index in [4.69, 9.17) is 0 Å². The van der Waals surface area contributed by atoms with Crippen LogP contribution in [-0.2, 0) is 6.54 Å². The van der Waals surface area contributed by atoms with Gasteiger partial charge in [-0.2, -0.15) is 10.2 Å². The molecule has 128 valence electrons. The summed E-state index contributed by atoms with van der Waals surface area (Å²) in [5.41, 5.74) is 2.58. The number of urea groups is 1. The smallest absolute Gasteiger partial charge is 0.319 e. The summed E-state index contributed by atoms with van der Waals surface area (Å²) in [6.07, 6.45) is 5.35. The first-order valence-electron chi connectivity index (χ1n) is 8.04. The molecule has 0 saturated heterocycles. The van der Waals surface area contributed by atoms with Gasteiger partial charge in [-0.25, -0.2) is 9.78 Å². The fourth-order valence-electron chi connectivity index (χ4n) is 2.58. The Morgan fingerprint density at radius 2 is 2.00 bits per heavy atom. The van der Waals surface area contributed by atoms with E-state index in [1.54, 1.807) is 18.5 Å². The molecular weight excluding hydrogens is 316 g/mol. The molecule has 1 aromatic carbocycles. The minimum atomic E-state index is -0.281. The number of hydrogen-bond acceptors (Lipinski definition) is 4. The van der Waals surface area contributed by atoms with Gasteiger partial charge < -0.3 is 15.2 Å². The second-order valence-corrected chi connectivity index (χ2v) is 5.70. The van der Waals surface area contributed by atoms with Gasteiger partial charge in [0.1, 0.15) is 5.82 Å². The maximum absolute atomic E-state index is 12.0. The van der Waals surface area contributed by atoms with Crippen molar-refractivity contribution in [2.75, 3.05) is 5.32 Å². The number of nitrogens with one attached hydrogen (secondary N) is 2. The Labute approximate surface area is 146 Å². The highest BCUT2D eigenvalue weighted by molar-refractivity contribution is 5.89. The molecule has 1 atom stereocenters. The van der Waals surface area contributed by atoms with Crippen molar-refractivity contribution in [2.45, 2.75) is 26.4 Å². The molecule has 2 heterocycles. The molecule has 0 saturated carbocycles. The molecule has 0 aliphatic heterocycles. The zero-order chi connectivity index (χ0) is 17.6. The monoisotopic (exact) mass is 336 g/mol. The Balaban J connectivity index is 1.57. The second-order valence-electron chi connectivity index (χ2n) is 5.70. The van der Waals surface area contributed by atoms with Gasteiger partial charge in [-0.3, -0.25) is 0 Å². The van der Waals surface area contributed by atoms with Crippen LogP contribution in [0.25, 0.3) is 0 Å². The average Bonchev–Trinajstić information content (AvgIpc) is 3.07. The summed E-state index contributed by atoms with van der Waals surface area (Å²) >= 11 is 0. The summed E-state index contributed by atoms with van der Waals surface area (Å²) < 4.78 is 2.11. The average molecular weight is 336 g/mol. The maximum Gasteiger partial charge on any atom is 0.319 e. The van der Waals surface area contributed by atoms with Crippen LogP contribution < -0.4 is 10.6 Å². The number of anilines is 1. The molecule has 0 fully saturated rings. The van der Waals surface area contributed by atoms with Gasteiger partial charge in [-0.05, 0) is 43.7 Å². The van der Waals surface area contributed by atoms with E-state index in [2.05, 4.69) is 37.3 Å². The van der Waals surface area contributed by atoms with Gasteiger partial charge in [0.25, 0.3) is 0 Å². The highest BCUT2D eigenvalue weighted by atomic mass is 16.2. The van der Waals surface area contributed by atoms with Crippen molar-refractivity contribution < 1.29 is 4.79 Å². The standard InChI is InChI=1S/C18H20N6O/c1-13(24-11-10-19-14(24)2)15-5-7-16(8-6-15)22-18(25)20-12-17-4-3-9-21-23-17/h3-11,13H,12H2,1-2H3,(H2,20,22,25)/t13-/m1/s1. The molecule has 7 nitrogen and oxygen atoms in total. The number of nitrogens with zero attached hydrogens (tertiary/aromatic N) is 4. The molecule has 3 rings (SSSR count). The Hall–Kier alpha value is -3.22. The van der Waals surface area contributed by atoms with Crippen LogP contribution in [0.2, 0.25) is 0 Å². The summed E-state index contributed by atoms with van der Waals surface area (Å²) in [4.78, 5) is 16.2. The first-order chi connectivity index (χ1) is 12.1. The minimum Gasteiger partial charge on any atom is -0.332 e. The lowest BCUT2D eigenvalue weighted by molar-refractivity contribution is 0.251. The van der Waals surface area contributed by atoms with E-state index in [0.29, 0.717) is 12.2 Å². The van der Waals surface area contributed by atoms with Crippen molar-refractivity contribution in [1.82, 2.24) is 25.1 Å². The van der Waals surface area contributed by atoms with E-state index >= 15 is 0 Å². The van der Waals surface area contributed by atoms with E-state index in [9.17, 15) is 4.79 Å². The van der Waals surface area contributed by atoms with Crippen LogP contribution in [-0.4, -0.2) is 25.8 Å². The van der Waals surface area contributed by atoms with Gasteiger partial charge in [-0.15, -0.1) is 0 Å². The fourth-order valence-corrected chi connectivity index (χ4v) is 2.58. The summed E-state index contributed by atoms with van der Waals surface area (Å²) in [6.45, 7) is 4.42.